The van der Waals surface area contributed by atoms with E-state index in [4.69, 9.17) is 9.72 Å². The molecule has 33 heavy (non-hydrogen) atoms. The van der Waals surface area contributed by atoms with Crippen molar-refractivity contribution >= 4 is 47.5 Å². The molecule has 1 amide bonds. The molecule has 1 aromatic carbocycles. The molecule has 0 radical (unpaired) electrons. The molecular formula is C24H38Cl2N4O3. The van der Waals surface area contributed by atoms with Crippen LogP contribution in [0, 0.1) is 11.8 Å². The number of fused-ring (bicyclic) bond motifs is 1. The molecule has 2 aromatic rings. The van der Waals surface area contributed by atoms with Gasteiger partial charge in [-0.3, -0.25) is 9.59 Å². The molecule has 186 valence electrons. The molecule has 0 saturated carbocycles. The highest BCUT2D eigenvalue weighted by Crippen LogP contribution is 2.23. The smallest absolute Gasteiger partial charge is 0.290 e. The zero-order valence-electron chi connectivity index (χ0n) is 20.1. The van der Waals surface area contributed by atoms with Gasteiger partial charge in [-0.05, 0) is 44.2 Å². The predicted octanol–water partition coefficient (Wildman–Crippen LogP) is 3.97. The van der Waals surface area contributed by atoms with Crippen molar-refractivity contribution in [2.75, 3.05) is 33.4 Å². The monoisotopic (exact) mass is 500 g/mol. The minimum Gasteiger partial charge on any atom is -0.385 e. The molecular weight excluding hydrogens is 463 g/mol. The molecule has 1 aromatic heterocycles. The average Bonchev–Trinajstić information content (AvgIpc) is 3.13. The molecule has 1 saturated heterocycles. The topological polar surface area (TPSA) is 76.5 Å². The van der Waals surface area contributed by atoms with Crippen molar-refractivity contribution in [3.63, 3.8) is 0 Å². The highest BCUT2D eigenvalue weighted by atomic mass is 35.5. The fourth-order valence-electron chi connectivity index (χ4n) is 4.37. The van der Waals surface area contributed by atoms with Crippen LogP contribution in [0.5, 0.6) is 0 Å². The molecule has 2 atom stereocenters. The molecule has 1 N–H and O–H groups in total. The maximum atomic E-state index is 13.8. The molecule has 1 fully saturated rings. The van der Waals surface area contributed by atoms with E-state index in [1.54, 1.807) is 14.0 Å². The Labute approximate surface area is 209 Å². The maximum absolute atomic E-state index is 13.8. The van der Waals surface area contributed by atoms with Crippen molar-refractivity contribution in [1.29, 1.82) is 0 Å². The number of nitrogens with zero attached hydrogens (tertiary/aromatic N) is 3. The van der Waals surface area contributed by atoms with E-state index < -0.39 is 0 Å². The van der Waals surface area contributed by atoms with E-state index in [0.29, 0.717) is 44.4 Å². The normalized spacial score (nSPS) is 18.0. The summed E-state index contributed by atoms with van der Waals surface area (Å²) in [6, 6.07) is 7.90. The van der Waals surface area contributed by atoms with E-state index in [9.17, 15) is 9.59 Å². The number of carbonyl (C=O) groups is 2. The summed E-state index contributed by atoms with van der Waals surface area (Å²) >= 11 is 0. The number of imidazole rings is 1. The van der Waals surface area contributed by atoms with Gasteiger partial charge in [0, 0.05) is 51.9 Å². The number of hydrogen-bond donors (Lipinski definition) is 1. The predicted molar refractivity (Wildman–Crippen MR) is 137 cm³/mol. The van der Waals surface area contributed by atoms with Crippen LogP contribution in [0.25, 0.3) is 11.0 Å². The third-order valence-electron chi connectivity index (χ3n) is 5.99. The van der Waals surface area contributed by atoms with Gasteiger partial charge in [0.25, 0.3) is 5.91 Å². The molecule has 3 rings (SSSR count). The van der Waals surface area contributed by atoms with E-state index in [-0.39, 0.29) is 48.5 Å². The number of carbonyl (C=O) groups excluding carboxylic acids is 2. The number of nitrogens with one attached hydrogen (secondary N) is 1. The summed E-state index contributed by atoms with van der Waals surface area (Å²) in [5.41, 5.74) is 1.82. The molecule has 9 heteroatoms. The van der Waals surface area contributed by atoms with Gasteiger partial charge in [-0.25, -0.2) is 4.98 Å². The van der Waals surface area contributed by atoms with Crippen LogP contribution in [0.1, 0.15) is 50.7 Å². The summed E-state index contributed by atoms with van der Waals surface area (Å²) < 4.78 is 7.24. The number of piperidine rings is 1. The summed E-state index contributed by atoms with van der Waals surface area (Å²) in [6.45, 7) is 9.34. The standard InChI is InChI=1S/C24H36N4O3.2ClH/c1-17(2)16-28(20-13-19(18(3)29)14-25-15-20)24(30)23-26-21-9-5-6-10-22(21)27(23)11-7-8-12-31-4;;/h5-6,9-10,17,19-20,25H,7-8,11-16H2,1-4H3;2*1H/t19-,20+;;/m1../s1. The third-order valence-corrected chi connectivity index (χ3v) is 5.99. The number of aromatic nitrogens is 2. The van der Waals surface area contributed by atoms with Crippen LogP contribution in [0.2, 0.25) is 0 Å². The van der Waals surface area contributed by atoms with E-state index in [2.05, 4.69) is 23.7 Å². The molecule has 0 spiro atoms. The van der Waals surface area contributed by atoms with Crippen LogP contribution in [-0.2, 0) is 16.1 Å². The fourth-order valence-corrected chi connectivity index (χ4v) is 4.37. The minimum atomic E-state index is -0.0485. The zero-order chi connectivity index (χ0) is 22.4. The van der Waals surface area contributed by atoms with Gasteiger partial charge in [0.1, 0.15) is 5.78 Å². The van der Waals surface area contributed by atoms with Gasteiger partial charge in [-0.15, -0.1) is 24.8 Å². The number of benzene rings is 1. The van der Waals surface area contributed by atoms with Crippen LogP contribution in [0.4, 0.5) is 0 Å². The van der Waals surface area contributed by atoms with Crippen LogP contribution >= 0.6 is 24.8 Å². The Morgan fingerprint density at radius 3 is 2.61 bits per heavy atom. The lowest BCUT2D eigenvalue weighted by Gasteiger charge is -2.38. The van der Waals surface area contributed by atoms with Crippen LogP contribution < -0.4 is 5.32 Å². The van der Waals surface area contributed by atoms with Gasteiger partial charge in [-0.1, -0.05) is 26.0 Å². The van der Waals surface area contributed by atoms with E-state index in [1.165, 1.54) is 0 Å². The highest BCUT2D eigenvalue weighted by molar-refractivity contribution is 5.95. The molecule has 7 nitrogen and oxygen atoms in total. The van der Waals surface area contributed by atoms with Crippen molar-refractivity contribution in [3.05, 3.63) is 30.1 Å². The van der Waals surface area contributed by atoms with Gasteiger partial charge in [0.2, 0.25) is 0 Å². The van der Waals surface area contributed by atoms with Crippen molar-refractivity contribution in [2.45, 2.75) is 52.6 Å². The van der Waals surface area contributed by atoms with Crippen molar-refractivity contribution in [3.8, 4) is 0 Å². The summed E-state index contributed by atoms with van der Waals surface area (Å²) in [5, 5.41) is 3.36. The van der Waals surface area contributed by atoms with Gasteiger partial charge in [0.15, 0.2) is 5.82 Å². The van der Waals surface area contributed by atoms with Crippen LogP contribution in [0.3, 0.4) is 0 Å². The van der Waals surface area contributed by atoms with E-state index in [0.717, 1.165) is 30.4 Å². The molecule has 0 bridgehead atoms. The lowest BCUT2D eigenvalue weighted by molar-refractivity contribution is -0.121. The third kappa shape index (κ3) is 7.41. The van der Waals surface area contributed by atoms with Crippen molar-refractivity contribution in [2.24, 2.45) is 11.8 Å². The zero-order valence-corrected chi connectivity index (χ0v) is 21.7. The van der Waals surface area contributed by atoms with Gasteiger partial charge >= 0.3 is 0 Å². The average molecular weight is 501 g/mol. The SMILES string of the molecule is COCCCCn1c(C(=O)N(CC(C)C)[C@@H]2CNC[C@H](C(C)=O)C2)nc2ccccc21.Cl.Cl. The second kappa shape index (κ2) is 13.9. The Hall–Kier alpha value is -1.67. The number of unbranched alkanes of at least 4 members (excludes halogenated alkanes) is 1. The Bertz CT molecular complexity index is 903. The van der Waals surface area contributed by atoms with Crippen molar-refractivity contribution < 1.29 is 14.3 Å². The summed E-state index contributed by atoms with van der Waals surface area (Å²) in [7, 11) is 1.71. The first-order valence-corrected chi connectivity index (χ1v) is 11.4. The first kappa shape index (κ1) is 29.4. The molecule has 1 aliphatic rings. The van der Waals surface area contributed by atoms with Crippen molar-refractivity contribution in [1.82, 2.24) is 19.8 Å². The molecule has 0 aliphatic carbocycles. The van der Waals surface area contributed by atoms with E-state index in [1.807, 2.05) is 29.2 Å². The Kier molecular flexibility index (Phi) is 12.4. The first-order chi connectivity index (χ1) is 14.9. The number of Topliss-reactive ketones (excluding diaryl/α,β-unsaturated/α-hetero) is 1. The summed E-state index contributed by atoms with van der Waals surface area (Å²) in [6.07, 6.45) is 2.55. The quantitative estimate of drug-likeness (QED) is 0.499. The number of halogens is 2. The van der Waals surface area contributed by atoms with Gasteiger partial charge in [0.05, 0.1) is 11.0 Å². The Morgan fingerprint density at radius 1 is 1.21 bits per heavy atom. The second-order valence-electron chi connectivity index (χ2n) is 8.98. The number of ether oxygens (including phenoxy) is 1. The summed E-state index contributed by atoms with van der Waals surface area (Å²) in [5.74, 6) is 0.895. The number of ketones is 1. The van der Waals surface area contributed by atoms with Crippen LogP contribution in [0.15, 0.2) is 24.3 Å². The number of para-hydroxylation sites is 2. The molecule has 1 aliphatic heterocycles. The molecule has 2 heterocycles. The van der Waals surface area contributed by atoms with Gasteiger partial charge in [-0.2, -0.15) is 0 Å². The summed E-state index contributed by atoms with van der Waals surface area (Å²) in [4.78, 5) is 32.5. The fraction of sp³-hybridized carbons (Fsp3) is 0.625. The number of methoxy groups -OCH3 is 1. The van der Waals surface area contributed by atoms with Gasteiger partial charge < -0.3 is 19.5 Å². The number of rotatable bonds is 10. The largest absolute Gasteiger partial charge is 0.385 e. The van der Waals surface area contributed by atoms with E-state index >= 15 is 0 Å². The lowest BCUT2D eigenvalue weighted by atomic mass is 9.91. The minimum absolute atomic E-state index is 0. The Balaban J connectivity index is 0.00000272. The first-order valence-electron chi connectivity index (χ1n) is 11.4. The second-order valence-corrected chi connectivity index (χ2v) is 8.98. The number of hydrogen-bond acceptors (Lipinski definition) is 5. The lowest BCUT2D eigenvalue weighted by Crippen LogP contribution is -2.53. The highest BCUT2D eigenvalue weighted by Gasteiger charge is 2.34. The number of amides is 1. The molecule has 0 unspecified atom stereocenters. The van der Waals surface area contributed by atoms with Crippen LogP contribution in [-0.4, -0.2) is 65.5 Å². The maximum Gasteiger partial charge on any atom is 0.290 e. The Morgan fingerprint density at radius 2 is 1.94 bits per heavy atom. The number of aryl methyl sites for hydroxylation is 1.